The van der Waals surface area contributed by atoms with Crippen LogP contribution in [0.3, 0.4) is 0 Å². The van der Waals surface area contributed by atoms with E-state index >= 15 is 0 Å². The van der Waals surface area contributed by atoms with Crippen LogP contribution in [-0.2, 0) is 37.3 Å². The van der Waals surface area contributed by atoms with E-state index in [0.29, 0.717) is 17.4 Å². The average Bonchev–Trinajstić information content (AvgIpc) is 3.69. The summed E-state index contributed by atoms with van der Waals surface area (Å²) < 4.78 is 8.90. The topological polar surface area (TPSA) is 33.5 Å². The molecule has 5 aromatic carbocycles. The predicted octanol–water partition coefficient (Wildman–Crippen LogP) is 14.0. The fraction of sp³-hybridized carbons (Fsp3) is 0.294. The molecule has 6 heteroatoms. The van der Waals surface area contributed by atoms with Gasteiger partial charge in [0.05, 0.1) is 0 Å². The van der Waals surface area contributed by atoms with E-state index in [4.69, 9.17) is 9.72 Å². The first-order chi connectivity index (χ1) is 26.5. The summed E-state index contributed by atoms with van der Waals surface area (Å²) in [6, 6.07) is 44.1. The molecular weight excluding hydrogens is 880 g/mol. The molecule has 57 heavy (non-hydrogen) atoms. The number of aromatic nitrogens is 2. The van der Waals surface area contributed by atoms with E-state index in [9.17, 15) is 0 Å². The second-order valence-corrected chi connectivity index (χ2v) is 18.6. The van der Waals surface area contributed by atoms with Crippen molar-refractivity contribution >= 4 is 44.6 Å². The number of ether oxygens (including phenoxy) is 1. The van der Waals surface area contributed by atoms with E-state index in [0.717, 1.165) is 45.0 Å². The van der Waals surface area contributed by atoms with Crippen molar-refractivity contribution in [3.63, 3.8) is 0 Å². The van der Waals surface area contributed by atoms with Gasteiger partial charge in [0.2, 0.25) is 0 Å². The molecule has 7 aromatic rings. The number of nitrogens with zero attached hydrogens (tertiary/aromatic N) is 4. The minimum absolute atomic E-state index is 0. The summed E-state index contributed by atoms with van der Waals surface area (Å²) in [7, 11) is 0. The standard InChI is InChI=1S/C51H53N4O.Pt/c1-33(2)34-21-24-43-46(27-34)54(37-16-12-15-35(28-37)49(3,4)5)32-53(43)38-17-13-18-39(30-38)56-40-22-23-41-45(31-40)55(47-29-36(25-26-52-47)50(6,7)8)44-20-14-19-42(48(41)44)51(9,10)11;/h12-29,32-33H,1-11H3;/q-3;. The van der Waals surface area contributed by atoms with Crippen molar-refractivity contribution in [2.45, 2.75) is 98.3 Å². The molecule has 5 nitrogen and oxygen atoms in total. The van der Waals surface area contributed by atoms with Crippen molar-refractivity contribution in [1.29, 1.82) is 0 Å². The van der Waals surface area contributed by atoms with E-state index in [1.165, 1.54) is 27.6 Å². The Hall–Kier alpha value is -4.86. The summed E-state index contributed by atoms with van der Waals surface area (Å²) in [5.41, 5.74) is 11.4. The summed E-state index contributed by atoms with van der Waals surface area (Å²) in [6.07, 6.45) is 1.92. The summed E-state index contributed by atoms with van der Waals surface area (Å²) in [5, 5.41) is 2.34. The van der Waals surface area contributed by atoms with Crippen LogP contribution in [-0.4, -0.2) is 9.55 Å². The number of anilines is 4. The van der Waals surface area contributed by atoms with Crippen LogP contribution in [0.15, 0.2) is 109 Å². The van der Waals surface area contributed by atoms with Crippen molar-refractivity contribution in [1.82, 2.24) is 9.55 Å². The molecule has 0 atom stereocenters. The van der Waals surface area contributed by atoms with Crippen molar-refractivity contribution in [3.05, 3.63) is 150 Å². The summed E-state index contributed by atoms with van der Waals surface area (Å²) in [5.74, 6) is 2.51. The molecule has 1 aliphatic rings. The first kappa shape index (κ1) is 40.3. The molecule has 0 fully saturated rings. The minimum Gasteiger partial charge on any atom is -0.509 e. The maximum Gasteiger partial charge on any atom is 0.135 e. The quantitative estimate of drug-likeness (QED) is 0.156. The zero-order valence-electron chi connectivity index (χ0n) is 35.1. The molecule has 0 saturated heterocycles. The van der Waals surface area contributed by atoms with Gasteiger partial charge in [0.25, 0.3) is 0 Å². The molecule has 3 heterocycles. The van der Waals surface area contributed by atoms with Crippen molar-refractivity contribution in [2.75, 3.05) is 9.80 Å². The minimum atomic E-state index is -0.0591. The molecule has 2 aromatic heterocycles. The van der Waals surface area contributed by atoms with Crippen molar-refractivity contribution < 1.29 is 25.8 Å². The van der Waals surface area contributed by atoms with Crippen molar-refractivity contribution in [3.8, 4) is 17.3 Å². The Balaban J connectivity index is 0.00000496. The van der Waals surface area contributed by atoms with Gasteiger partial charge in [0, 0.05) is 61.3 Å². The molecule has 0 spiro atoms. The Labute approximate surface area is 354 Å². The van der Waals surface area contributed by atoms with Gasteiger partial charge < -0.3 is 19.1 Å². The molecule has 0 unspecified atom stereocenters. The molecule has 1 aliphatic heterocycles. The Morgan fingerprint density at radius 1 is 0.649 bits per heavy atom. The van der Waals surface area contributed by atoms with E-state index < -0.39 is 0 Å². The number of benzene rings is 5. The Kier molecular flexibility index (Phi) is 10.5. The Bertz CT molecular complexity index is 2600. The summed E-state index contributed by atoms with van der Waals surface area (Å²) >= 11 is 0. The van der Waals surface area contributed by atoms with Gasteiger partial charge >= 0.3 is 0 Å². The third kappa shape index (κ3) is 7.64. The van der Waals surface area contributed by atoms with Crippen LogP contribution in [0.5, 0.6) is 11.5 Å². The van der Waals surface area contributed by atoms with Gasteiger partial charge in [-0.2, -0.15) is 12.1 Å². The van der Waals surface area contributed by atoms with Gasteiger partial charge in [-0.3, -0.25) is 0 Å². The van der Waals surface area contributed by atoms with Gasteiger partial charge in [-0.1, -0.05) is 112 Å². The molecular formula is C51H53N4OPt-3. The molecule has 0 saturated carbocycles. The van der Waals surface area contributed by atoms with Crippen LogP contribution in [0.25, 0.3) is 27.6 Å². The van der Waals surface area contributed by atoms with Crippen LogP contribution in [0, 0.1) is 18.8 Å². The monoisotopic (exact) mass is 932 g/mol. The first-order valence-corrected chi connectivity index (χ1v) is 19.8. The summed E-state index contributed by atoms with van der Waals surface area (Å²) in [4.78, 5) is 9.43. The average molecular weight is 933 g/mol. The van der Waals surface area contributed by atoms with E-state index in [1.54, 1.807) is 0 Å². The zero-order chi connectivity index (χ0) is 39.7. The second kappa shape index (κ2) is 14.8. The number of fused-ring (bicyclic) bond motifs is 4. The smallest absolute Gasteiger partial charge is 0.135 e. The van der Waals surface area contributed by atoms with Crippen molar-refractivity contribution in [2.24, 2.45) is 0 Å². The third-order valence-electron chi connectivity index (χ3n) is 11.0. The van der Waals surface area contributed by atoms with E-state index in [1.807, 2.05) is 24.4 Å². The van der Waals surface area contributed by atoms with Crippen LogP contribution in [0.2, 0.25) is 0 Å². The van der Waals surface area contributed by atoms with E-state index in [-0.39, 0.29) is 37.3 Å². The predicted molar refractivity (Wildman–Crippen MR) is 234 cm³/mol. The Morgan fingerprint density at radius 3 is 2.07 bits per heavy atom. The van der Waals surface area contributed by atoms with Crippen LogP contribution >= 0.6 is 0 Å². The van der Waals surface area contributed by atoms with E-state index in [2.05, 4.69) is 194 Å². The maximum absolute atomic E-state index is 6.65. The first-order valence-electron chi connectivity index (χ1n) is 19.8. The van der Waals surface area contributed by atoms with Crippen LogP contribution in [0.1, 0.15) is 104 Å². The van der Waals surface area contributed by atoms with Gasteiger partial charge in [-0.15, -0.1) is 48.1 Å². The fourth-order valence-corrected chi connectivity index (χ4v) is 7.71. The van der Waals surface area contributed by atoms with Gasteiger partial charge in [0.1, 0.15) is 5.82 Å². The molecule has 0 radical (unpaired) electrons. The fourth-order valence-electron chi connectivity index (χ4n) is 7.71. The van der Waals surface area contributed by atoms with Gasteiger partial charge in [-0.05, 0) is 92.3 Å². The largest absolute Gasteiger partial charge is 0.509 e. The zero-order valence-corrected chi connectivity index (χ0v) is 37.3. The SMILES string of the molecule is CC(C)c1ccc2c(c1)N(c1cccc(C(C)(C)C)c1)[CH-]N2c1[c-]c(Oc2[c-]c3c(cc2)c2c(C(C)(C)C)cccc2n3-c2cc(C(C)(C)C)ccn2)ccc1.[Pt]. The molecule has 8 rings (SSSR count). The number of hydrogen-bond acceptors (Lipinski definition) is 4. The number of pyridine rings is 1. The van der Waals surface area contributed by atoms with Crippen LogP contribution < -0.4 is 14.5 Å². The summed E-state index contributed by atoms with van der Waals surface area (Å²) in [6.45, 7) is 27.0. The third-order valence-corrected chi connectivity index (χ3v) is 11.0. The maximum atomic E-state index is 6.65. The second-order valence-electron chi connectivity index (χ2n) is 18.6. The van der Waals surface area contributed by atoms with Crippen LogP contribution in [0.4, 0.5) is 22.7 Å². The normalized spacial score (nSPS) is 13.4. The van der Waals surface area contributed by atoms with Gasteiger partial charge in [-0.25, -0.2) is 4.98 Å². The Morgan fingerprint density at radius 2 is 1.35 bits per heavy atom. The number of hydrogen-bond donors (Lipinski definition) is 0. The molecule has 296 valence electrons. The molecule has 0 N–H and O–H groups in total. The van der Waals surface area contributed by atoms with Gasteiger partial charge in [0.15, 0.2) is 0 Å². The molecule has 0 bridgehead atoms. The molecule has 0 aliphatic carbocycles. The molecule has 0 amide bonds. The number of rotatable bonds is 6.